The van der Waals surface area contributed by atoms with Crippen molar-refractivity contribution in [2.75, 3.05) is 11.4 Å². The Kier molecular flexibility index (Phi) is 2.87. The molecular formula is C12H11ClN4O2. The normalized spacial score (nSPS) is 14.3. The molecule has 0 amide bonds. The number of nitrogens with zero attached hydrogens (tertiary/aromatic N) is 4. The van der Waals surface area contributed by atoms with Gasteiger partial charge in [0.15, 0.2) is 5.82 Å². The number of rotatable bonds is 2. The zero-order valence-electron chi connectivity index (χ0n) is 9.95. The lowest BCUT2D eigenvalue weighted by Crippen LogP contribution is -2.34. The van der Waals surface area contributed by atoms with Crippen LogP contribution in [-0.4, -0.2) is 32.4 Å². The van der Waals surface area contributed by atoms with Gasteiger partial charge in [-0.05, 0) is 18.2 Å². The number of carboxylic acid groups (broad SMARTS) is 1. The van der Waals surface area contributed by atoms with Crippen molar-refractivity contribution in [1.29, 1.82) is 0 Å². The first-order chi connectivity index (χ1) is 9.15. The van der Waals surface area contributed by atoms with Crippen LogP contribution < -0.4 is 4.90 Å². The summed E-state index contributed by atoms with van der Waals surface area (Å²) in [6.45, 7) is 1.96. The molecule has 1 aliphatic rings. The van der Waals surface area contributed by atoms with Crippen molar-refractivity contribution in [1.82, 2.24) is 14.8 Å². The second-order valence-electron chi connectivity index (χ2n) is 4.33. The summed E-state index contributed by atoms with van der Waals surface area (Å²) in [7, 11) is 0. The largest absolute Gasteiger partial charge is 0.478 e. The highest BCUT2D eigenvalue weighted by atomic mass is 35.5. The van der Waals surface area contributed by atoms with Crippen molar-refractivity contribution < 1.29 is 9.90 Å². The van der Waals surface area contributed by atoms with E-state index in [9.17, 15) is 9.90 Å². The van der Waals surface area contributed by atoms with Crippen LogP contribution >= 0.6 is 11.6 Å². The average molecular weight is 279 g/mol. The van der Waals surface area contributed by atoms with Gasteiger partial charge in [-0.15, -0.1) is 10.2 Å². The van der Waals surface area contributed by atoms with Crippen LogP contribution in [0.5, 0.6) is 0 Å². The molecule has 2 aromatic rings. The third-order valence-corrected chi connectivity index (χ3v) is 3.40. The zero-order chi connectivity index (χ0) is 13.4. The van der Waals surface area contributed by atoms with Gasteiger partial charge in [0.1, 0.15) is 6.33 Å². The van der Waals surface area contributed by atoms with Gasteiger partial charge in [0.05, 0.1) is 17.8 Å². The smallest absolute Gasteiger partial charge is 0.337 e. The van der Waals surface area contributed by atoms with Crippen molar-refractivity contribution in [2.24, 2.45) is 0 Å². The SMILES string of the molecule is O=C(O)c1ccc(Cl)cc1N1CCn2cnnc2C1. The minimum atomic E-state index is -0.960. The molecule has 0 aliphatic carbocycles. The second-order valence-corrected chi connectivity index (χ2v) is 4.77. The summed E-state index contributed by atoms with van der Waals surface area (Å²) >= 11 is 5.97. The van der Waals surface area contributed by atoms with Crippen LogP contribution in [0.2, 0.25) is 5.02 Å². The van der Waals surface area contributed by atoms with E-state index in [-0.39, 0.29) is 5.56 Å². The van der Waals surface area contributed by atoms with Crippen molar-refractivity contribution in [3.8, 4) is 0 Å². The van der Waals surface area contributed by atoms with E-state index < -0.39 is 5.97 Å². The number of fused-ring (bicyclic) bond motifs is 1. The number of benzene rings is 1. The zero-order valence-corrected chi connectivity index (χ0v) is 10.7. The fraction of sp³-hybridized carbons (Fsp3) is 0.250. The monoisotopic (exact) mass is 278 g/mol. The minimum Gasteiger partial charge on any atom is -0.478 e. The quantitative estimate of drug-likeness (QED) is 0.904. The van der Waals surface area contributed by atoms with Gasteiger partial charge in [-0.1, -0.05) is 11.6 Å². The number of hydrogen-bond acceptors (Lipinski definition) is 4. The lowest BCUT2D eigenvalue weighted by molar-refractivity contribution is 0.0697. The van der Waals surface area contributed by atoms with Gasteiger partial charge in [-0.25, -0.2) is 4.79 Å². The first-order valence-electron chi connectivity index (χ1n) is 5.79. The molecule has 2 heterocycles. The third kappa shape index (κ3) is 2.15. The van der Waals surface area contributed by atoms with Crippen molar-refractivity contribution in [3.63, 3.8) is 0 Å². The second kappa shape index (κ2) is 4.55. The Labute approximate surface area is 114 Å². The van der Waals surface area contributed by atoms with E-state index in [1.807, 2.05) is 9.47 Å². The Hall–Kier alpha value is -2.08. The van der Waals surface area contributed by atoms with E-state index in [0.717, 1.165) is 12.4 Å². The van der Waals surface area contributed by atoms with E-state index >= 15 is 0 Å². The van der Waals surface area contributed by atoms with E-state index in [1.54, 1.807) is 18.5 Å². The fourth-order valence-electron chi connectivity index (χ4n) is 2.22. The molecule has 0 saturated heterocycles. The molecule has 0 fully saturated rings. The summed E-state index contributed by atoms with van der Waals surface area (Å²) in [6, 6.07) is 4.79. The van der Waals surface area contributed by atoms with Crippen LogP contribution in [0.25, 0.3) is 0 Å². The van der Waals surface area contributed by atoms with Gasteiger partial charge in [0, 0.05) is 18.1 Å². The third-order valence-electron chi connectivity index (χ3n) is 3.17. The number of hydrogen-bond donors (Lipinski definition) is 1. The molecule has 1 aromatic heterocycles. The summed E-state index contributed by atoms with van der Waals surface area (Å²) < 4.78 is 1.96. The molecule has 1 N–H and O–H groups in total. The van der Waals surface area contributed by atoms with Crippen molar-refractivity contribution >= 4 is 23.3 Å². The first-order valence-corrected chi connectivity index (χ1v) is 6.17. The lowest BCUT2D eigenvalue weighted by Gasteiger charge is -2.30. The van der Waals surface area contributed by atoms with E-state index in [0.29, 0.717) is 23.8 Å². The maximum atomic E-state index is 11.3. The summed E-state index contributed by atoms with van der Waals surface area (Å²) in [5.74, 6) is -0.138. The van der Waals surface area contributed by atoms with Crippen LogP contribution in [-0.2, 0) is 13.1 Å². The summed E-state index contributed by atoms with van der Waals surface area (Å²) in [5.41, 5.74) is 0.867. The Balaban J connectivity index is 1.99. The molecule has 0 bridgehead atoms. The molecule has 0 saturated carbocycles. The molecular weight excluding hydrogens is 268 g/mol. The first kappa shape index (κ1) is 12.0. The Bertz CT molecular complexity index is 640. The van der Waals surface area contributed by atoms with Crippen molar-refractivity contribution in [3.05, 3.63) is 40.9 Å². The van der Waals surface area contributed by atoms with Crippen LogP contribution in [0.4, 0.5) is 5.69 Å². The van der Waals surface area contributed by atoms with Crippen LogP contribution in [0.15, 0.2) is 24.5 Å². The minimum absolute atomic E-state index is 0.248. The Morgan fingerprint density at radius 2 is 2.21 bits per heavy atom. The lowest BCUT2D eigenvalue weighted by atomic mass is 10.1. The highest BCUT2D eigenvalue weighted by Gasteiger charge is 2.22. The molecule has 0 atom stereocenters. The number of carboxylic acids is 1. The topological polar surface area (TPSA) is 71.2 Å². The predicted octanol–water partition coefficient (Wildman–Crippen LogP) is 1.65. The molecule has 98 valence electrons. The number of aromatic carboxylic acids is 1. The number of carbonyl (C=O) groups is 1. The van der Waals surface area contributed by atoms with E-state index in [4.69, 9.17) is 11.6 Å². The summed E-state index contributed by atoms with van der Waals surface area (Å²) in [4.78, 5) is 13.2. The summed E-state index contributed by atoms with van der Waals surface area (Å²) in [6.07, 6.45) is 1.68. The average Bonchev–Trinajstić information content (AvgIpc) is 2.85. The molecule has 3 rings (SSSR count). The molecule has 19 heavy (non-hydrogen) atoms. The van der Waals surface area contributed by atoms with Crippen LogP contribution in [0.1, 0.15) is 16.2 Å². The predicted molar refractivity (Wildman–Crippen MR) is 69.5 cm³/mol. The van der Waals surface area contributed by atoms with Gasteiger partial charge in [0.2, 0.25) is 0 Å². The van der Waals surface area contributed by atoms with Crippen LogP contribution in [0.3, 0.4) is 0 Å². The Morgan fingerprint density at radius 1 is 1.37 bits per heavy atom. The number of halogens is 1. The fourth-order valence-corrected chi connectivity index (χ4v) is 2.39. The van der Waals surface area contributed by atoms with Gasteiger partial charge in [-0.3, -0.25) is 0 Å². The Morgan fingerprint density at radius 3 is 3.00 bits per heavy atom. The molecule has 7 heteroatoms. The number of aromatic nitrogens is 3. The van der Waals surface area contributed by atoms with Gasteiger partial charge < -0.3 is 14.6 Å². The maximum Gasteiger partial charge on any atom is 0.337 e. The molecule has 1 aromatic carbocycles. The molecule has 6 nitrogen and oxygen atoms in total. The molecule has 0 spiro atoms. The van der Waals surface area contributed by atoms with E-state index in [1.165, 1.54) is 6.07 Å². The summed E-state index contributed by atoms with van der Waals surface area (Å²) in [5, 5.41) is 17.6. The van der Waals surface area contributed by atoms with Crippen LogP contribution in [0, 0.1) is 0 Å². The number of anilines is 1. The van der Waals surface area contributed by atoms with E-state index in [2.05, 4.69) is 10.2 Å². The van der Waals surface area contributed by atoms with Gasteiger partial charge in [-0.2, -0.15) is 0 Å². The highest BCUT2D eigenvalue weighted by Crippen LogP contribution is 2.27. The van der Waals surface area contributed by atoms with Gasteiger partial charge >= 0.3 is 5.97 Å². The molecule has 1 aliphatic heterocycles. The maximum absolute atomic E-state index is 11.3. The molecule has 0 unspecified atom stereocenters. The van der Waals surface area contributed by atoms with Crippen molar-refractivity contribution in [2.45, 2.75) is 13.1 Å². The van der Waals surface area contributed by atoms with Gasteiger partial charge in [0.25, 0.3) is 0 Å². The standard InChI is InChI=1S/C12H11ClN4O2/c13-8-1-2-9(12(18)19)10(5-8)16-3-4-17-7-14-15-11(17)6-16/h1-2,5,7H,3-4,6H2,(H,18,19). The molecule has 0 radical (unpaired) electrons. The highest BCUT2D eigenvalue weighted by molar-refractivity contribution is 6.31.